The summed E-state index contributed by atoms with van der Waals surface area (Å²) < 4.78 is 0. The molecule has 106 valence electrons. The van der Waals surface area contributed by atoms with Crippen molar-refractivity contribution in [1.82, 2.24) is 9.88 Å². The number of hydrogen-bond acceptors (Lipinski definition) is 5. The molecule has 1 rings (SSSR count). The third-order valence-corrected chi connectivity index (χ3v) is 3.09. The molecule has 1 aromatic heterocycles. The smallest absolute Gasteiger partial charge is 0.278 e. The largest absolute Gasteiger partial charge is 0.395 e. The molecular formula is C13H21N3O3. The molecule has 0 aliphatic rings. The molecule has 0 atom stereocenters. The minimum absolute atomic E-state index is 0.0764. The van der Waals surface area contributed by atoms with Gasteiger partial charge in [-0.15, -0.1) is 0 Å². The maximum Gasteiger partial charge on any atom is 0.278 e. The van der Waals surface area contributed by atoms with E-state index in [1.54, 1.807) is 20.0 Å². The third-order valence-electron chi connectivity index (χ3n) is 3.09. The van der Waals surface area contributed by atoms with Crippen LogP contribution in [0.15, 0.2) is 6.20 Å². The molecule has 1 heterocycles. The van der Waals surface area contributed by atoms with Gasteiger partial charge >= 0.3 is 0 Å². The summed E-state index contributed by atoms with van der Waals surface area (Å²) in [6.45, 7) is 7.48. The third kappa shape index (κ3) is 3.97. The van der Waals surface area contributed by atoms with Gasteiger partial charge in [0.2, 0.25) is 0 Å². The van der Waals surface area contributed by atoms with Crippen molar-refractivity contribution in [2.45, 2.75) is 33.7 Å². The summed E-state index contributed by atoms with van der Waals surface area (Å²) in [7, 11) is 0. The number of aryl methyl sites for hydroxylation is 1. The van der Waals surface area contributed by atoms with Crippen molar-refractivity contribution in [2.24, 2.45) is 0 Å². The highest BCUT2D eigenvalue weighted by molar-refractivity contribution is 5.47. The number of nitrogens with zero attached hydrogens (tertiary/aromatic N) is 3. The molecule has 0 fully saturated rings. The van der Waals surface area contributed by atoms with E-state index < -0.39 is 0 Å². The molecule has 19 heavy (non-hydrogen) atoms. The Hall–Kier alpha value is -1.53. The second-order valence-electron chi connectivity index (χ2n) is 4.62. The molecule has 0 saturated carbocycles. The van der Waals surface area contributed by atoms with Crippen molar-refractivity contribution in [2.75, 3.05) is 19.7 Å². The fourth-order valence-electron chi connectivity index (χ4n) is 2.14. The lowest BCUT2D eigenvalue weighted by Gasteiger charge is -2.21. The minimum atomic E-state index is -0.355. The van der Waals surface area contributed by atoms with Gasteiger partial charge in [-0.3, -0.25) is 20.0 Å². The van der Waals surface area contributed by atoms with E-state index in [1.807, 2.05) is 4.90 Å². The van der Waals surface area contributed by atoms with Crippen LogP contribution in [0.4, 0.5) is 5.69 Å². The predicted octanol–water partition coefficient (Wildman–Crippen LogP) is 1.81. The highest BCUT2D eigenvalue weighted by atomic mass is 16.6. The zero-order valence-corrected chi connectivity index (χ0v) is 11.7. The highest BCUT2D eigenvalue weighted by Crippen LogP contribution is 2.24. The average molecular weight is 267 g/mol. The molecule has 0 saturated heterocycles. The van der Waals surface area contributed by atoms with Crippen LogP contribution in [0, 0.1) is 24.0 Å². The lowest BCUT2D eigenvalue weighted by Crippen LogP contribution is -2.28. The first-order valence-corrected chi connectivity index (χ1v) is 6.43. The van der Waals surface area contributed by atoms with E-state index in [1.165, 1.54) is 0 Å². The SMILES string of the molecule is CCCN(CCO)Cc1ncc(C)c([N+](=O)[O-])c1C. The van der Waals surface area contributed by atoms with Crippen LogP contribution in [0.1, 0.15) is 30.2 Å². The molecule has 0 unspecified atom stereocenters. The van der Waals surface area contributed by atoms with E-state index >= 15 is 0 Å². The topological polar surface area (TPSA) is 79.5 Å². The minimum Gasteiger partial charge on any atom is -0.395 e. The molecule has 0 aliphatic heterocycles. The Morgan fingerprint density at radius 3 is 2.63 bits per heavy atom. The first kappa shape index (κ1) is 15.5. The van der Waals surface area contributed by atoms with Crippen LogP contribution in [-0.2, 0) is 6.54 Å². The van der Waals surface area contributed by atoms with Gasteiger partial charge in [-0.1, -0.05) is 6.92 Å². The summed E-state index contributed by atoms with van der Waals surface area (Å²) in [5.74, 6) is 0. The Bertz CT molecular complexity index is 443. The van der Waals surface area contributed by atoms with Crippen molar-refractivity contribution >= 4 is 5.69 Å². The molecular weight excluding hydrogens is 246 g/mol. The van der Waals surface area contributed by atoms with Gasteiger partial charge in [0.05, 0.1) is 17.2 Å². The number of hydrogen-bond donors (Lipinski definition) is 1. The monoisotopic (exact) mass is 267 g/mol. The van der Waals surface area contributed by atoms with Gasteiger partial charge in [0.15, 0.2) is 0 Å². The lowest BCUT2D eigenvalue weighted by molar-refractivity contribution is -0.386. The Morgan fingerprint density at radius 1 is 1.42 bits per heavy atom. The van der Waals surface area contributed by atoms with E-state index in [0.29, 0.717) is 29.9 Å². The number of pyridine rings is 1. The predicted molar refractivity (Wildman–Crippen MR) is 73.0 cm³/mol. The number of aromatic nitrogens is 1. The maximum atomic E-state index is 11.1. The van der Waals surface area contributed by atoms with Crippen molar-refractivity contribution in [3.05, 3.63) is 33.1 Å². The first-order valence-electron chi connectivity index (χ1n) is 6.43. The van der Waals surface area contributed by atoms with E-state index in [-0.39, 0.29) is 17.2 Å². The summed E-state index contributed by atoms with van der Waals surface area (Å²) in [6, 6.07) is 0. The normalized spacial score (nSPS) is 11.0. The molecule has 0 radical (unpaired) electrons. The zero-order valence-electron chi connectivity index (χ0n) is 11.7. The Kier molecular flexibility index (Phi) is 5.85. The van der Waals surface area contributed by atoms with Gasteiger partial charge in [-0.2, -0.15) is 0 Å². The molecule has 1 N–H and O–H groups in total. The van der Waals surface area contributed by atoms with E-state index in [0.717, 1.165) is 13.0 Å². The standard InChI is InChI=1S/C13H21N3O3/c1-4-5-15(6-7-17)9-12-11(3)13(16(18)19)10(2)8-14-12/h8,17H,4-7,9H2,1-3H3. The van der Waals surface area contributed by atoms with E-state index in [9.17, 15) is 10.1 Å². The van der Waals surface area contributed by atoms with Gasteiger partial charge in [-0.25, -0.2) is 0 Å². The quantitative estimate of drug-likeness (QED) is 0.602. The number of rotatable bonds is 7. The van der Waals surface area contributed by atoms with Gasteiger partial charge in [0, 0.05) is 30.4 Å². The summed E-state index contributed by atoms with van der Waals surface area (Å²) in [4.78, 5) is 17.0. The van der Waals surface area contributed by atoms with Crippen LogP contribution in [0.5, 0.6) is 0 Å². The fraction of sp³-hybridized carbons (Fsp3) is 0.615. The van der Waals surface area contributed by atoms with Crippen LogP contribution < -0.4 is 0 Å². The van der Waals surface area contributed by atoms with Crippen LogP contribution in [0.25, 0.3) is 0 Å². The first-order chi connectivity index (χ1) is 9.01. The Morgan fingerprint density at radius 2 is 2.11 bits per heavy atom. The number of nitro groups is 1. The second-order valence-corrected chi connectivity index (χ2v) is 4.62. The highest BCUT2D eigenvalue weighted by Gasteiger charge is 2.19. The number of aliphatic hydroxyl groups excluding tert-OH is 1. The van der Waals surface area contributed by atoms with Crippen molar-refractivity contribution in [1.29, 1.82) is 0 Å². The average Bonchev–Trinajstić information content (AvgIpc) is 2.33. The molecule has 0 spiro atoms. The second kappa shape index (κ2) is 7.16. The van der Waals surface area contributed by atoms with Crippen molar-refractivity contribution in [3.8, 4) is 0 Å². The lowest BCUT2D eigenvalue weighted by atomic mass is 10.1. The van der Waals surface area contributed by atoms with Crippen LogP contribution in [0.3, 0.4) is 0 Å². The van der Waals surface area contributed by atoms with E-state index in [4.69, 9.17) is 5.11 Å². The van der Waals surface area contributed by atoms with Gasteiger partial charge in [0.25, 0.3) is 5.69 Å². The molecule has 0 aromatic carbocycles. The molecule has 1 aromatic rings. The molecule has 0 bridgehead atoms. The molecule has 6 nitrogen and oxygen atoms in total. The van der Waals surface area contributed by atoms with E-state index in [2.05, 4.69) is 11.9 Å². The molecule has 0 amide bonds. The van der Waals surface area contributed by atoms with Crippen molar-refractivity contribution < 1.29 is 10.0 Å². The van der Waals surface area contributed by atoms with Crippen LogP contribution >= 0.6 is 0 Å². The summed E-state index contributed by atoms with van der Waals surface area (Å²) in [5, 5.41) is 20.1. The Balaban J connectivity index is 3.00. The zero-order chi connectivity index (χ0) is 14.4. The van der Waals surface area contributed by atoms with Crippen LogP contribution in [-0.4, -0.2) is 39.6 Å². The summed E-state index contributed by atoms with van der Waals surface area (Å²) >= 11 is 0. The molecule has 0 aliphatic carbocycles. The molecule has 6 heteroatoms. The van der Waals surface area contributed by atoms with Crippen LogP contribution in [0.2, 0.25) is 0 Å². The van der Waals surface area contributed by atoms with Gasteiger partial charge in [0.1, 0.15) is 0 Å². The van der Waals surface area contributed by atoms with Gasteiger partial charge < -0.3 is 5.11 Å². The fourth-order valence-corrected chi connectivity index (χ4v) is 2.14. The summed E-state index contributed by atoms with van der Waals surface area (Å²) in [6.07, 6.45) is 2.51. The number of aliphatic hydroxyl groups is 1. The Labute approximate surface area is 113 Å². The summed E-state index contributed by atoms with van der Waals surface area (Å²) in [5.41, 5.74) is 2.05. The van der Waals surface area contributed by atoms with Crippen molar-refractivity contribution in [3.63, 3.8) is 0 Å². The maximum absolute atomic E-state index is 11.1. The van der Waals surface area contributed by atoms with Gasteiger partial charge in [-0.05, 0) is 26.8 Å².